The van der Waals surface area contributed by atoms with Crippen molar-refractivity contribution in [3.8, 4) is 0 Å². The van der Waals surface area contributed by atoms with Crippen molar-refractivity contribution in [3.63, 3.8) is 0 Å². The number of rotatable bonds is 5. The molecule has 0 unspecified atom stereocenters. The summed E-state index contributed by atoms with van der Waals surface area (Å²) in [6.07, 6.45) is 1.98. The van der Waals surface area contributed by atoms with Gasteiger partial charge in [0.25, 0.3) is 0 Å². The molecular formula is C17H28N4O4. The highest BCUT2D eigenvalue weighted by molar-refractivity contribution is 5.79. The van der Waals surface area contributed by atoms with Gasteiger partial charge in [-0.25, -0.2) is 0 Å². The second-order valence-electron chi connectivity index (χ2n) is 7.09. The highest BCUT2D eigenvalue weighted by Crippen LogP contribution is 2.23. The standard InChI is InChI=1S/C17H28N4O4/c1-12-8-21(9-13(2)24-12)17(22)14-4-6-20(7-5-14)10-16-18-15(11-23-3)19-25-16/h12-14H,4-11H2,1-3H3/t12-,13-/m1/s1. The number of ether oxygens (including phenoxy) is 2. The molecule has 1 aromatic rings. The topological polar surface area (TPSA) is 80.9 Å². The zero-order valence-electron chi connectivity index (χ0n) is 15.3. The fraction of sp³-hybridized carbons (Fsp3) is 0.824. The lowest BCUT2D eigenvalue weighted by Gasteiger charge is -2.39. The minimum Gasteiger partial charge on any atom is -0.377 e. The summed E-state index contributed by atoms with van der Waals surface area (Å²) in [6.45, 7) is 8.18. The molecule has 2 aliphatic rings. The maximum atomic E-state index is 12.8. The van der Waals surface area contributed by atoms with Crippen LogP contribution >= 0.6 is 0 Å². The SMILES string of the molecule is COCc1noc(CN2CCC(C(=O)N3C[C@@H](C)O[C@H](C)C3)CC2)n1. The number of carbonyl (C=O) groups is 1. The Hall–Kier alpha value is -1.51. The number of methoxy groups -OCH3 is 1. The van der Waals surface area contributed by atoms with Crippen LogP contribution in [0, 0.1) is 5.92 Å². The summed E-state index contributed by atoms with van der Waals surface area (Å²) in [4.78, 5) is 21.3. The van der Waals surface area contributed by atoms with E-state index in [-0.39, 0.29) is 24.0 Å². The van der Waals surface area contributed by atoms with Crippen molar-refractivity contribution in [2.24, 2.45) is 5.92 Å². The van der Waals surface area contributed by atoms with Crippen LogP contribution in [0.5, 0.6) is 0 Å². The van der Waals surface area contributed by atoms with Crippen molar-refractivity contribution in [3.05, 3.63) is 11.7 Å². The smallest absolute Gasteiger partial charge is 0.240 e. The van der Waals surface area contributed by atoms with Crippen LogP contribution < -0.4 is 0 Å². The van der Waals surface area contributed by atoms with E-state index in [1.165, 1.54) is 0 Å². The number of carbonyl (C=O) groups excluding carboxylic acids is 1. The Kier molecular flexibility index (Phi) is 6.03. The van der Waals surface area contributed by atoms with E-state index in [9.17, 15) is 4.79 Å². The molecule has 2 atom stereocenters. The van der Waals surface area contributed by atoms with E-state index in [2.05, 4.69) is 15.0 Å². The molecule has 0 N–H and O–H groups in total. The van der Waals surface area contributed by atoms with Gasteiger partial charge in [0.05, 0.1) is 18.8 Å². The van der Waals surface area contributed by atoms with Gasteiger partial charge in [0, 0.05) is 26.1 Å². The number of hydrogen-bond acceptors (Lipinski definition) is 7. The second-order valence-corrected chi connectivity index (χ2v) is 7.09. The van der Waals surface area contributed by atoms with Crippen LogP contribution in [0.15, 0.2) is 4.52 Å². The predicted octanol–water partition coefficient (Wildman–Crippen LogP) is 1.06. The minimum absolute atomic E-state index is 0.112. The Morgan fingerprint density at radius 3 is 2.56 bits per heavy atom. The Labute approximate surface area is 148 Å². The second kappa shape index (κ2) is 8.25. The first-order valence-corrected chi connectivity index (χ1v) is 9.02. The molecular weight excluding hydrogens is 324 g/mol. The van der Waals surface area contributed by atoms with Gasteiger partial charge in [-0.2, -0.15) is 4.98 Å². The third-order valence-corrected chi connectivity index (χ3v) is 4.81. The monoisotopic (exact) mass is 352 g/mol. The highest BCUT2D eigenvalue weighted by Gasteiger charge is 2.32. The van der Waals surface area contributed by atoms with Crippen LogP contribution in [0.1, 0.15) is 38.4 Å². The molecule has 0 saturated carbocycles. The first-order valence-electron chi connectivity index (χ1n) is 9.02. The fourth-order valence-electron chi connectivity index (χ4n) is 3.69. The first kappa shape index (κ1) is 18.3. The van der Waals surface area contributed by atoms with Crippen molar-refractivity contribution < 1.29 is 18.8 Å². The molecule has 8 heteroatoms. The van der Waals surface area contributed by atoms with E-state index in [1.54, 1.807) is 7.11 Å². The first-order chi connectivity index (χ1) is 12.0. The summed E-state index contributed by atoms with van der Waals surface area (Å²) in [5.41, 5.74) is 0. The molecule has 2 saturated heterocycles. The number of morpholine rings is 1. The third-order valence-electron chi connectivity index (χ3n) is 4.81. The summed E-state index contributed by atoms with van der Waals surface area (Å²) < 4.78 is 16.0. The normalized spacial score (nSPS) is 26.1. The Morgan fingerprint density at radius 2 is 1.92 bits per heavy atom. The molecule has 2 fully saturated rings. The van der Waals surface area contributed by atoms with E-state index < -0.39 is 0 Å². The van der Waals surface area contributed by atoms with Crippen LogP contribution in [0.2, 0.25) is 0 Å². The molecule has 3 rings (SSSR count). The summed E-state index contributed by atoms with van der Waals surface area (Å²) in [5, 5.41) is 3.88. The number of hydrogen-bond donors (Lipinski definition) is 0. The molecule has 0 aromatic carbocycles. The fourth-order valence-corrected chi connectivity index (χ4v) is 3.69. The van der Waals surface area contributed by atoms with Crippen LogP contribution in [0.3, 0.4) is 0 Å². The van der Waals surface area contributed by atoms with E-state index in [4.69, 9.17) is 14.0 Å². The van der Waals surface area contributed by atoms with Gasteiger partial charge in [0.15, 0.2) is 5.82 Å². The van der Waals surface area contributed by atoms with Gasteiger partial charge < -0.3 is 18.9 Å². The molecule has 1 aromatic heterocycles. The van der Waals surface area contributed by atoms with Gasteiger partial charge in [-0.15, -0.1) is 0 Å². The van der Waals surface area contributed by atoms with Crippen molar-refractivity contribution in [1.29, 1.82) is 0 Å². The number of aromatic nitrogens is 2. The zero-order valence-corrected chi connectivity index (χ0v) is 15.3. The maximum Gasteiger partial charge on any atom is 0.240 e. The molecule has 0 bridgehead atoms. The van der Waals surface area contributed by atoms with Crippen LogP contribution in [0.25, 0.3) is 0 Å². The zero-order chi connectivity index (χ0) is 17.8. The summed E-state index contributed by atoms with van der Waals surface area (Å²) in [7, 11) is 1.60. The molecule has 140 valence electrons. The number of likely N-dealkylation sites (tertiary alicyclic amines) is 1. The molecule has 2 aliphatic heterocycles. The van der Waals surface area contributed by atoms with E-state index in [0.717, 1.165) is 25.9 Å². The van der Waals surface area contributed by atoms with Gasteiger partial charge >= 0.3 is 0 Å². The van der Waals surface area contributed by atoms with E-state index in [0.29, 0.717) is 38.0 Å². The number of piperidine rings is 1. The van der Waals surface area contributed by atoms with Crippen molar-refractivity contribution in [1.82, 2.24) is 19.9 Å². The lowest BCUT2D eigenvalue weighted by molar-refractivity contribution is -0.149. The van der Waals surface area contributed by atoms with Crippen LogP contribution in [-0.2, 0) is 27.4 Å². The lowest BCUT2D eigenvalue weighted by atomic mass is 9.94. The Morgan fingerprint density at radius 1 is 1.24 bits per heavy atom. The molecule has 0 spiro atoms. The van der Waals surface area contributed by atoms with Gasteiger partial charge in [0.1, 0.15) is 6.61 Å². The summed E-state index contributed by atoms with van der Waals surface area (Å²) in [5.74, 6) is 1.56. The van der Waals surface area contributed by atoms with Crippen molar-refractivity contribution in [2.45, 2.75) is 52.0 Å². The third kappa shape index (κ3) is 4.77. The molecule has 0 radical (unpaired) electrons. The van der Waals surface area contributed by atoms with Crippen molar-refractivity contribution >= 4 is 5.91 Å². The van der Waals surface area contributed by atoms with Gasteiger partial charge in [-0.3, -0.25) is 9.69 Å². The van der Waals surface area contributed by atoms with Crippen LogP contribution in [0.4, 0.5) is 0 Å². The van der Waals surface area contributed by atoms with Crippen molar-refractivity contribution in [2.75, 3.05) is 33.3 Å². The summed E-state index contributed by atoms with van der Waals surface area (Å²) in [6, 6.07) is 0. The summed E-state index contributed by atoms with van der Waals surface area (Å²) >= 11 is 0. The molecule has 3 heterocycles. The largest absolute Gasteiger partial charge is 0.377 e. The molecule has 0 aliphatic carbocycles. The highest BCUT2D eigenvalue weighted by atomic mass is 16.5. The lowest BCUT2D eigenvalue weighted by Crippen LogP contribution is -2.51. The van der Waals surface area contributed by atoms with Gasteiger partial charge in [-0.1, -0.05) is 5.16 Å². The minimum atomic E-state index is 0.112. The van der Waals surface area contributed by atoms with Gasteiger partial charge in [0.2, 0.25) is 11.8 Å². The molecule has 1 amide bonds. The molecule has 25 heavy (non-hydrogen) atoms. The Bertz CT molecular complexity index is 561. The quantitative estimate of drug-likeness (QED) is 0.784. The van der Waals surface area contributed by atoms with E-state index in [1.807, 2.05) is 18.7 Å². The predicted molar refractivity (Wildman–Crippen MR) is 89.6 cm³/mol. The number of nitrogens with zero attached hydrogens (tertiary/aromatic N) is 4. The average Bonchev–Trinajstić information content (AvgIpc) is 3.01. The molecule has 8 nitrogen and oxygen atoms in total. The van der Waals surface area contributed by atoms with Gasteiger partial charge in [-0.05, 0) is 39.8 Å². The average molecular weight is 352 g/mol. The van der Waals surface area contributed by atoms with E-state index >= 15 is 0 Å². The Balaban J connectivity index is 1.47. The maximum absolute atomic E-state index is 12.8. The number of amides is 1. The van der Waals surface area contributed by atoms with Crippen LogP contribution in [-0.4, -0.2) is 71.3 Å².